The Morgan fingerprint density at radius 3 is 3.07 bits per heavy atom. The van der Waals surface area contributed by atoms with Crippen molar-refractivity contribution >= 4 is 11.3 Å². The van der Waals surface area contributed by atoms with Crippen LogP contribution in [0.1, 0.15) is 30.1 Å². The van der Waals surface area contributed by atoms with Gasteiger partial charge in [0.15, 0.2) is 0 Å². The lowest BCUT2D eigenvalue weighted by atomic mass is 10.3. The molecule has 5 heteroatoms. The minimum absolute atomic E-state index is 0.133. The van der Waals surface area contributed by atoms with Crippen LogP contribution in [0, 0.1) is 0 Å². The number of aromatic nitrogens is 1. The first kappa shape index (κ1) is 12.6. The Labute approximate surface area is 94.4 Å². The lowest BCUT2D eigenvalue weighted by Gasteiger charge is -2.05. The average molecular weight is 230 g/mol. The molecule has 1 aromatic rings. The van der Waals surface area contributed by atoms with Crippen molar-refractivity contribution in [3.05, 3.63) is 16.1 Å². The quantitative estimate of drug-likeness (QED) is 0.725. The first-order valence-corrected chi connectivity index (χ1v) is 5.92. The van der Waals surface area contributed by atoms with Gasteiger partial charge in [-0.25, -0.2) is 4.98 Å². The van der Waals surface area contributed by atoms with Gasteiger partial charge in [0.1, 0.15) is 5.01 Å². The van der Waals surface area contributed by atoms with Gasteiger partial charge in [-0.2, -0.15) is 0 Å². The molecule has 0 saturated heterocycles. The number of rotatable bonds is 7. The minimum atomic E-state index is -0.133. The molecule has 0 fully saturated rings. The number of thiazole rings is 1. The Morgan fingerprint density at radius 2 is 2.40 bits per heavy atom. The highest BCUT2D eigenvalue weighted by atomic mass is 32.1. The lowest BCUT2D eigenvalue weighted by Crippen LogP contribution is -2.16. The van der Waals surface area contributed by atoms with E-state index in [1.54, 1.807) is 18.4 Å². The molecule has 0 aliphatic carbocycles. The van der Waals surface area contributed by atoms with E-state index in [1.807, 2.05) is 5.38 Å². The highest BCUT2D eigenvalue weighted by Gasteiger charge is 2.09. The maximum atomic E-state index is 5.85. The van der Waals surface area contributed by atoms with Crippen molar-refractivity contribution in [3.63, 3.8) is 0 Å². The highest BCUT2D eigenvalue weighted by Crippen LogP contribution is 2.16. The second-order valence-corrected chi connectivity index (χ2v) is 4.22. The molecule has 0 aromatic carbocycles. The SMILES string of the molecule is CCCOCc1nc(C(N)COC)cs1. The van der Waals surface area contributed by atoms with Gasteiger partial charge in [-0.1, -0.05) is 6.92 Å². The number of hydrogen-bond donors (Lipinski definition) is 1. The van der Waals surface area contributed by atoms with E-state index in [9.17, 15) is 0 Å². The summed E-state index contributed by atoms with van der Waals surface area (Å²) in [4.78, 5) is 4.39. The second-order valence-electron chi connectivity index (χ2n) is 3.28. The van der Waals surface area contributed by atoms with E-state index in [1.165, 1.54) is 0 Å². The molecule has 4 nitrogen and oxygen atoms in total. The van der Waals surface area contributed by atoms with Crippen LogP contribution in [0.5, 0.6) is 0 Å². The summed E-state index contributed by atoms with van der Waals surface area (Å²) in [6.07, 6.45) is 1.03. The van der Waals surface area contributed by atoms with Gasteiger partial charge < -0.3 is 15.2 Å². The van der Waals surface area contributed by atoms with Crippen molar-refractivity contribution < 1.29 is 9.47 Å². The molecule has 1 rings (SSSR count). The van der Waals surface area contributed by atoms with Gasteiger partial charge in [0.2, 0.25) is 0 Å². The maximum Gasteiger partial charge on any atom is 0.119 e. The number of nitrogens with two attached hydrogens (primary N) is 1. The van der Waals surface area contributed by atoms with Crippen molar-refractivity contribution in [2.75, 3.05) is 20.3 Å². The van der Waals surface area contributed by atoms with Crippen molar-refractivity contribution in [1.82, 2.24) is 4.98 Å². The first-order chi connectivity index (χ1) is 7.27. The van der Waals surface area contributed by atoms with Crippen LogP contribution < -0.4 is 5.73 Å². The summed E-state index contributed by atoms with van der Waals surface area (Å²) in [6, 6.07) is -0.133. The maximum absolute atomic E-state index is 5.85. The second kappa shape index (κ2) is 6.90. The normalized spacial score (nSPS) is 13.0. The van der Waals surface area contributed by atoms with Gasteiger partial charge in [0.25, 0.3) is 0 Å². The molecule has 1 heterocycles. The van der Waals surface area contributed by atoms with Crippen LogP contribution in [0.25, 0.3) is 0 Å². The molecule has 86 valence electrons. The number of ether oxygens (including phenoxy) is 2. The topological polar surface area (TPSA) is 57.4 Å². The minimum Gasteiger partial charge on any atom is -0.383 e. The van der Waals surface area contributed by atoms with E-state index in [-0.39, 0.29) is 6.04 Å². The average Bonchev–Trinajstić information content (AvgIpc) is 2.67. The van der Waals surface area contributed by atoms with Crippen LogP contribution in [-0.2, 0) is 16.1 Å². The molecule has 15 heavy (non-hydrogen) atoms. The summed E-state index contributed by atoms with van der Waals surface area (Å²) in [5.74, 6) is 0. The monoisotopic (exact) mass is 230 g/mol. The van der Waals surface area contributed by atoms with Crippen LogP contribution in [0.4, 0.5) is 0 Å². The fourth-order valence-electron chi connectivity index (χ4n) is 1.13. The molecule has 0 bridgehead atoms. The summed E-state index contributed by atoms with van der Waals surface area (Å²) in [6.45, 7) is 3.94. The summed E-state index contributed by atoms with van der Waals surface area (Å²) in [5, 5.41) is 2.94. The van der Waals surface area contributed by atoms with Crippen molar-refractivity contribution in [2.24, 2.45) is 5.73 Å². The molecule has 1 atom stereocenters. The molecule has 0 radical (unpaired) electrons. The smallest absolute Gasteiger partial charge is 0.119 e. The largest absolute Gasteiger partial charge is 0.383 e. The fraction of sp³-hybridized carbons (Fsp3) is 0.700. The zero-order valence-corrected chi connectivity index (χ0v) is 10.0. The Kier molecular flexibility index (Phi) is 5.78. The van der Waals surface area contributed by atoms with E-state index < -0.39 is 0 Å². The molecule has 1 unspecified atom stereocenters. The predicted octanol–water partition coefficient (Wildman–Crippen LogP) is 1.72. The predicted molar refractivity (Wildman–Crippen MR) is 60.9 cm³/mol. The zero-order valence-electron chi connectivity index (χ0n) is 9.23. The van der Waals surface area contributed by atoms with Crippen LogP contribution in [-0.4, -0.2) is 25.3 Å². The van der Waals surface area contributed by atoms with Crippen molar-refractivity contribution in [3.8, 4) is 0 Å². The highest BCUT2D eigenvalue weighted by molar-refractivity contribution is 7.09. The fourth-order valence-corrected chi connectivity index (χ4v) is 1.92. The molecule has 0 saturated carbocycles. The van der Waals surface area contributed by atoms with E-state index >= 15 is 0 Å². The Bertz CT molecular complexity index is 278. The molecule has 1 aromatic heterocycles. The number of methoxy groups -OCH3 is 1. The Balaban J connectivity index is 2.41. The Hall–Kier alpha value is -0.490. The van der Waals surface area contributed by atoms with Gasteiger partial charge in [0, 0.05) is 19.1 Å². The van der Waals surface area contributed by atoms with Gasteiger partial charge in [-0.05, 0) is 6.42 Å². The van der Waals surface area contributed by atoms with Gasteiger partial charge in [-0.3, -0.25) is 0 Å². The standard InChI is InChI=1S/C10H18N2O2S/c1-3-4-14-6-10-12-9(7-15-10)8(11)5-13-2/h7-8H,3-6,11H2,1-2H3. The lowest BCUT2D eigenvalue weighted by molar-refractivity contribution is 0.121. The first-order valence-electron chi connectivity index (χ1n) is 5.04. The number of nitrogens with zero attached hydrogens (tertiary/aromatic N) is 1. The summed E-state index contributed by atoms with van der Waals surface area (Å²) in [7, 11) is 1.64. The number of hydrogen-bond acceptors (Lipinski definition) is 5. The molecule has 0 amide bonds. The molecule has 0 aliphatic rings. The van der Waals surface area contributed by atoms with Crippen molar-refractivity contribution in [2.45, 2.75) is 26.0 Å². The summed E-state index contributed by atoms with van der Waals surface area (Å²) in [5.41, 5.74) is 6.74. The molecular formula is C10H18N2O2S. The van der Waals surface area contributed by atoms with Crippen LogP contribution >= 0.6 is 11.3 Å². The molecular weight excluding hydrogens is 212 g/mol. The summed E-state index contributed by atoms with van der Waals surface area (Å²) >= 11 is 1.58. The van der Waals surface area contributed by atoms with E-state index in [2.05, 4.69) is 11.9 Å². The van der Waals surface area contributed by atoms with E-state index in [0.717, 1.165) is 23.7 Å². The van der Waals surface area contributed by atoms with Crippen LogP contribution in [0.3, 0.4) is 0 Å². The van der Waals surface area contributed by atoms with E-state index in [4.69, 9.17) is 15.2 Å². The molecule has 0 aliphatic heterocycles. The summed E-state index contributed by atoms with van der Waals surface area (Å²) < 4.78 is 10.4. The van der Waals surface area contributed by atoms with Gasteiger partial charge >= 0.3 is 0 Å². The van der Waals surface area contributed by atoms with Gasteiger partial charge in [-0.15, -0.1) is 11.3 Å². The Morgan fingerprint density at radius 1 is 1.60 bits per heavy atom. The van der Waals surface area contributed by atoms with Crippen LogP contribution in [0.15, 0.2) is 5.38 Å². The van der Waals surface area contributed by atoms with E-state index in [0.29, 0.717) is 13.2 Å². The molecule has 0 spiro atoms. The van der Waals surface area contributed by atoms with Crippen LogP contribution in [0.2, 0.25) is 0 Å². The van der Waals surface area contributed by atoms with Gasteiger partial charge in [0.05, 0.1) is 24.9 Å². The molecule has 2 N–H and O–H groups in total. The zero-order chi connectivity index (χ0) is 11.1. The third-order valence-corrected chi connectivity index (χ3v) is 2.71. The van der Waals surface area contributed by atoms with Crippen molar-refractivity contribution in [1.29, 1.82) is 0 Å². The third kappa shape index (κ3) is 4.25. The third-order valence-electron chi connectivity index (χ3n) is 1.87.